The third kappa shape index (κ3) is 3.32. The Morgan fingerprint density at radius 3 is 2.78 bits per heavy atom. The summed E-state index contributed by atoms with van der Waals surface area (Å²) < 4.78 is 14.8. The van der Waals surface area contributed by atoms with E-state index in [9.17, 15) is 4.39 Å². The molecular weight excluding hydrogens is 337 g/mol. The molecule has 1 nitrogen and oxygen atoms in total. The Labute approximate surface area is 123 Å². The van der Waals surface area contributed by atoms with Gasteiger partial charge in [-0.2, -0.15) is 0 Å². The summed E-state index contributed by atoms with van der Waals surface area (Å²) in [6.45, 7) is 0. The maximum atomic E-state index is 13.1. The highest BCUT2D eigenvalue weighted by Crippen LogP contribution is 2.36. The third-order valence-corrected chi connectivity index (χ3v) is 5.27. The summed E-state index contributed by atoms with van der Waals surface area (Å²) in [5.74, 6) is -0.201. The van der Waals surface area contributed by atoms with Crippen LogP contribution in [-0.4, -0.2) is 7.05 Å². The lowest BCUT2D eigenvalue weighted by atomic mass is 10.0. The van der Waals surface area contributed by atoms with E-state index in [4.69, 9.17) is 11.6 Å². The molecule has 1 heterocycles. The summed E-state index contributed by atoms with van der Waals surface area (Å²) in [5, 5.41) is 3.24. The van der Waals surface area contributed by atoms with Gasteiger partial charge >= 0.3 is 0 Å². The van der Waals surface area contributed by atoms with Gasteiger partial charge in [0.25, 0.3) is 0 Å². The molecule has 1 N–H and O–H groups in total. The summed E-state index contributed by atoms with van der Waals surface area (Å²) in [4.78, 5) is 1.14. The number of likely N-dealkylation sites (N-methyl/N-ethyl adjacent to an activating group) is 1. The lowest BCUT2D eigenvalue weighted by Gasteiger charge is -2.14. The van der Waals surface area contributed by atoms with Crippen molar-refractivity contribution in [2.24, 2.45) is 0 Å². The van der Waals surface area contributed by atoms with E-state index in [1.165, 1.54) is 17.4 Å². The SMILES string of the molecule is CNC(Cc1cccc(F)c1)c1cc(Br)c(Cl)s1. The summed E-state index contributed by atoms with van der Waals surface area (Å²) in [7, 11) is 1.89. The van der Waals surface area contributed by atoms with Crippen molar-refractivity contribution in [1.29, 1.82) is 0 Å². The summed E-state index contributed by atoms with van der Waals surface area (Å²) in [6, 6.07) is 8.82. The molecule has 1 aromatic heterocycles. The van der Waals surface area contributed by atoms with Crippen LogP contribution >= 0.6 is 38.9 Å². The minimum absolute atomic E-state index is 0.139. The molecule has 0 aliphatic rings. The van der Waals surface area contributed by atoms with Gasteiger partial charge in [-0.15, -0.1) is 11.3 Å². The Morgan fingerprint density at radius 2 is 2.22 bits per heavy atom. The largest absolute Gasteiger partial charge is 0.312 e. The van der Waals surface area contributed by atoms with Crippen molar-refractivity contribution in [2.75, 3.05) is 7.05 Å². The molecule has 1 aromatic carbocycles. The third-order valence-electron chi connectivity index (χ3n) is 2.68. The van der Waals surface area contributed by atoms with Crippen molar-refractivity contribution < 1.29 is 4.39 Å². The molecule has 5 heteroatoms. The molecule has 0 fully saturated rings. The second-order valence-corrected chi connectivity index (χ2v) is 6.49. The fourth-order valence-corrected chi connectivity index (χ4v) is 3.63. The van der Waals surface area contributed by atoms with E-state index < -0.39 is 0 Å². The Morgan fingerprint density at radius 1 is 1.44 bits per heavy atom. The van der Waals surface area contributed by atoms with Crippen molar-refractivity contribution >= 4 is 38.9 Å². The van der Waals surface area contributed by atoms with E-state index in [0.717, 1.165) is 25.7 Å². The maximum absolute atomic E-state index is 13.1. The predicted octanol–water partition coefficient (Wildman–Crippen LogP) is 4.81. The minimum atomic E-state index is -0.201. The second kappa shape index (κ2) is 6.15. The van der Waals surface area contributed by atoms with Gasteiger partial charge in [0.1, 0.15) is 10.2 Å². The van der Waals surface area contributed by atoms with E-state index in [1.807, 2.05) is 19.2 Å². The van der Waals surface area contributed by atoms with Crippen LogP contribution < -0.4 is 5.32 Å². The Hall–Kier alpha value is -0.420. The van der Waals surface area contributed by atoms with E-state index in [2.05, 4.69) is 21.2 Å². The highest BCUT2D eigenvalue weighted by molar-refractivity contribution is 9.10. The van der Waals surface area contributed by atoms with Gasteiger partial charge in [-0.1, -0.05) is 23.7 Å². The van der Waals surface area contributed by atoms with Crippen LogP contribution in [0.2, 0.25) is 4.34 Å². The summed E-state index contributed by atoms with van der Waals surface area (Å²) >= 11 is 11.0. The van der Waals surface area contributed by atoms with Gasteiger partial charge < -0.3 is 5.32 Å². The van der Waals surface area contributed by atoms with Crippen LogP contribution in [0.3, 0.4) is 0 Å². The van der Waals surface area contributed by atoms with Gasteiger partial charge in [-0.3, -0.25) is 0 Å². The normalized spacial score (nSPS) is 12.7. The first-order valence-electron chi connectivity index (χ1n) is 5.46. The minimum Gasteiger partial charge on any atom is -0.312 e. The molecule has 2 rings (SSSR count). The van der Waals surface area contributed by atoms with Gasteiger partial charge in [0.15, 0.2) is 0 Å². The molecule has 18 heavy (non-hydrogen) atoms. The molecule has 1 unspecified atom stereocenters. The zero-order valence-electron chi connectivity index (χ0n) is 9.71. The molecule has 0 aliphatic carbocycles. The summed E-state index contributed by atoms with van der Waals surface area (Å²) in [5.41, 5.74) is 0.968. The van der Waals surface area contributed by atoms with E-state index in [1.54, 1.807) is 12.1 Å². The van der Waals surface area contributed by atoms with Crippen LogP contribution in [0.1, 0.15) is 16.5 Å². The number of halogens is 3. The molecular formula is C13H12BrClFNS. The highest BCUT2D eigenvalue weighted by Gasteiger charge is 2.15. The predicted molar refractivity (Wildman–Crippen MR) is 78.9 cm³/mol. The molecule has 96 valence electrons. The van der Waals surface area contributed by atoms with Crippen LogP contribution in [-0.2, 0) is 6.42 Å². The molecule has 0 bridgehead atoms. The number of rotatable bonds is 4. The molecule has 0 saturated heterocycles. The van der Waals surface area contributed by atoms with Crippen molar-refractivity contribution in [1.82, 2.24) is 5.32 Å². The quantitative estimate of drug-likeness (QED) is 0.836. The van der Waals surface area contributed by atoms with Gasteiger partial charge in [-0.05, 0) is 53.2 Å². The lowest BCUT2D eigenvalue weighted by molar-refractivity contribution is 0.592. The second-order valence-electron chi connectivity index (χ2n) is 3.95. The van der Waals surface area contributed by atoms with Gasteiger partial charge in [0.05, 0.1) is 0 Å². The Balaban J connectivity index is 2.19. The van der Waals surface area contributed by atoms with Crippen molar-refractivity contribution in [2.45, 2.75) is 12.5 Å². The number of hydrogen-bond donors (Lipinski definition) is 1. The molecule has 0 amide bonds. The fraction of sp³-hybridized carbons (Fsp3) is 0.231. The maximum Gasteiger partial charge on any atom is 0.123 e. The van der Waals surface area contributed by atoms with Crippen LogP contribution in [0, 0.1) is 5.82 Å². The molecule has 2 aromatic rings. The smallest absolute Gasteiger partial charge is 0.123 e. The van der Waals surface area contributed by atoms with Gasteiger partial charge in [0, 0.05) is 15.4 Å². The monoisotopic (exact) mass is 347 g/mol. The van der Waals surface area contributed by atoms with Crippen molar-refractivity contribution in [3.63, 3.8) is 0 Å². The van der Waals surface area contributed by atoms with Crippen molar-refractivity contribution in [3.05, 3.63) is 55.4 Å². The topological polar surface area (TPSA) is 12.0 Å². The first-order chi connectivity index (χ1) is 8.60. The molecule has 1 atom stereocenters. The van der Waals surface area contributed by atoms with Crippen LogP contribution in [0.25, 0.3) is 0 Å². The Bertz CT molecular complexity index is 524. The van der Waals surface area contributed by atoms with Gasteiger partial charge in [0.2, 0.25) is 0 Å². The average molecular weight is 349 g/mol. The first kappa shape index (κ1) is 14.0. The fourth-order valence-electron chi connectivity index (χ4n) is 1.78. The number of benzene rings is 1. The van der Waals surface area contributed by atoms with Crippen LogP contribution in [0.15, 0.2) is 34.8 Å². The van der Waals surface area contributed by atoms with Crippen molar-refractivity contribution in [3.8, 4) is 0 Å². The molecule has 0 radical (unpaired) electrons. The zero-order valence-corrected chi connectivity index (χ0v) is 12.9. The van der Waals surface area contributed by atoms with E-state index in [-0.39, 0.29) is 11.9 Å². The molecule has 0 aliphatic heterocycles. The summed E-state index contributed by atoms with van der Waals surface area (Å²) in [6.07, 6.45) is 0.734. The van der Waals surface area contributed by atoms with Crippen LogP contribution in [0.5, 0.6) is 0 Å². The Kier molecular flexibility index (Phi) is 4.78. The molecule has 0 saturated carbocycles. The number of hydrogen-bond acceptors (Lipinski definition) is 2. The lowest BCUT2D eigenvalue weighted by Crippen LogP contribution is -2.17. The van der Waals surface area contributed by atoms with E-state index in [0.29, 0.717) is 0 Å². The average Bonchev–Trinajstić information content (AvgIpc) is 2.66. The van der Waals surface area contributed by atoms with Gasteiger partial charge in [-0.25, -0.2) is 4.39 Å². The van der Waals surface area contributed by atoms with Crippen LogP contribution in [0.4, 0.5) is 4.39 Å². The zero-order chi connectivity index (χ0) is 13.1. The first-order valence-corrected chi connectivity index (χ1v) is 7.45. The highest BCUT2D eigenvalue weighted by atomic mass is 79.9. The number of thiophene rings is 1. The molecule has 0 spiro atoms. The van der Waals surface area contributed by atoms with E-state index >= 15 is 0 Å². The standard InChI is InChI=1S/C13H12BrClFNS/c1-17-11(12-7-10(14)13(15)18-12)6-8-3-2-4-9(16)5-8/h2-5,7,11,17H,6H2,1H3. The number of nitrogens with one attached hydrogen (secondary N) is 1.